The van der Waals surface area contributed by atoms with Crippen LogP contribution in [-0.2, 0) is 4.79 Å². The van der Waals surface area contributed by atoms with Gasteiger partial charge in [0, 0.05) is 18.8 Å². The zero-order chi connectivity index (χ0) is 15.8. The number of carbonyl (C=O) groups is 2. The van der Waals surface area contributed by atoms with Gasteiger partial charge in [0.2, 0.25) is 5.91 Å². The molecule has 0 spiro atoms. The number of anilines is 1. The van der Waals surface area contributed by atoms with Crippen LogP contribution < -0.4 is 16.0 Å². The zero-order valence-electron chi connectivity index (χ0n) is 12.5. The van der Waals surface area contributed by atoms with Gasteiger partial charge in [-0.15, -0.1) is 0 Å². The minimum atomic E-state index is -0.715. The minimum absolute atomic E-state index is 0.0168. The van der Waals surface area contributed by atoms with E-state index in [-0.39, 0.29) is 29.9 Å². The van der Waals surface area contributed by atoms with Crippen molar-refractivity contribution < 1.29 is 14.0 Å². The van der Waals surface area contributed by atoms with Crippen LogP contribution in [0.5, 0.6) is 0 Å². The molecule has 0 fully saturated rings. The third-order valence-electron chi connectivity index (χ3n) is 2.54. The predicted octanol–water partition coefficient (Wildman–Crippen LogP) is 1.30. The molecule has 116 valence electrons. The Kier molecular flexibility index (Phi) is 6.58. The third-order valence-corrected chi connectivity index (χ3v) is 2.54. The van der Waals surface area contributed by atoms with Crippen LogP contribution in [0.3, 0.4) is 0 Å². The summed E-state index contributed by atoms with van der Waals surface area (Å²) in [6.07, 6.45) is 2.16. The Bertz CT molecular complexity index is 506. The predicted molar refractivity (Wildman–Crippen MR) is 78.6 cm³/mol. The number of hydrogen-bond donors (Lipinski definition) is 3. The summed E-state index contributed by atoms with van der Waals surface area (Å²) in [4.78, 5) is 27.2. The molecule has 1 aromatic heterocycles. The maximum Gasteiger partial charge on any atom is 0.254 e. The largest absolute Gasteiger partial charge is 0.368 e. The van der Waals surface area contributed by atoms with Crippen LogP contribution in [0.1, 0.15) is 37.6 Å². The molecule has 0 atom stereocenters. The summed E-state index contributed by atoms with van der Waals surface area (Å²) in [7, 11) is 0. The summed E-state index contributed by atoms with van der Waals surface area (Å²) >= 11 is 0. The Labute approximate surface area is 123 Å². The van der Waals surface area contributed by atoms with Crippen LogP contribution in [-0.4, -0.2) is 35.9 Å². The lowest BCUT2D eigenvalue weighted by atomic mass is 10.2. The van der Waals surface area contributed by atoms with E-state index in [2.05, 4.69) is 20.9 Å². The lowest BCUT2D eigenvalue weighted by Gasteiger charge is -2.11. The summed E-state index contributed by atoms with van der Waals surface area (Å²) in [5.41, 5.74) is -0.138. The molecule has 6 nitrogen and oxygen atoms in total. The number of hydrogen-bond acceptors (Lipinski definition) is 4. The molecule has 1 heterocycles. The van der Waals surface area contributed by atoms with Crippen molar-refractivity contribution in [3.63, 3.8) is 0 Å². The van der Waals surface area contributed by atoms with Gasteiger partial charge in [-0.2, -0.15) is 0 Å². The molecule has 2 amide bonds. The summed E-state index contributed by atoms with van der Waals surface area (Å²) in [6.45, 7) is 5.93. The van der Waals surface area contributed by atoms with Gasteiger partial charge in [0.1, 0.15) is 0 Å². The number of nitrogens with zero attached hydrogens (tertiary/aromatic N) is 1. The molecule has 0 saturated heterocycles. The molecule has 0 unspecified atom stereocenters. The second-order valence-electron chi connectivity index (χ2n) is 4.85. The number of carbonyl (C=O) groups excluding carboxylic acids is 2. The van der Waals surface area contributed by atoms with E-state index in [4.69, 9.17) is 0 Å². The molecule has 0 aliphatic rings. The first kappa shape index (κ1) is 16.9. The maximum atomic E-state index is 14.1. The Morgan fingerprint density at radius 3 is 2.71 bits per heavy atom. The Balaban J connectivity index is 2.67. The van der Waals surface area contributed by atoms with E-state index in [1.54, 1.807) is 0 Å². The highest BCUT2D eigenvalue weighted by Gasteiger charge is 2.16. The topological polar surface area (TPSA) is 83.1 Å². The molecule has 0 aromatic carbocycles. The second-order valence-corrected chi connectivity index (χ2v) is 4.85. The lowest BCUT2D eigenvalue weighted by molar-refractivity contribution is -0.120. The quantitative estimate of drug-likeness (QED) is 0.708. The smallest absolute Gasteiger partial charge is 0.254 e. The lowest BCUT2D eigenvalue weighted by Crippen LogP contribution is -2.40. The van der Waals surface area contributed by atoms with Crippen molar-refractivity contribution in [3.8, 4) is 0 Å². The minimum Gasteiger partial charge on any atom is -0.368 e. The maximum absolute atomic E-state index is 14.1. The number of halogens is 1. The summed E-state index contributed by atoms with van der Waals surface area (Å²) in [5.74, 6) is -1.64. The fourth-order valence-electron chi connectivity index (χ4n) is 1.61. The molecule has 1 aromatic rings. The van der Waals surface area contributed by atoms with E-state index in [9.17, 15) is 14.0 Å². The fraction of sp³-hybridized carbons (Fsp3) is 0.500. The van der Waals surface area contributed by atoms with Gasteiger partial charge < -0.3 is 16.0 Å². The normalized spacial score (nSPS) is 10.3. The van der Waals surface area contributed by atoms with Gasteiger partial charge in [0.05, 0.1) is 12.1 Å². The highest BCUT2D eigenvalue weighted by molar-refractivity contribution is 5.97. The number of amides is 2. The molecule has 0 radical (unpaired) electrons. The van der Waals surface area contributed by atoms with Crippen molar-refractivity contribution in [2.75, 3.05) is 18.4 Å². The van der Waals surface area contributed by atoms with Crippen LogP contribution in [0.15, 0.2) is 12.3 Å². The van der Waals surface area contributed by atoms with Crippen LogP contribution in [0.25, 0.3) is 0 Å². The van der Waals surface area contributed by atoms with Crippen LogP contribution in [0.4, 0.5) is 10.2 Å². The molecule has 3 N–H and O–H groups in total. The molecule has 0 aliphatic heterocycles. The highest BCUT2D eigenvalue weighted by Crippen LogP contribution is 2.14. The first-order chi connectivity index (χ1) is 9.95. The van der Waals surface area contributed by atoms with E-state index in [0.717, 1.165) is 6.42 Å². The van der Waals surface area contributed by atoms with Crippen molar-refractivity contribution in [1.29, 1.82) is 0 Å². The van der Waals surface area contributed by atoms with Crippen molar-refractivity contribution in [2.24, 2.45) is 0 Å². The molecular formula is C14H21FN4O2. The van der Waals surface area contributed by atoms with E-state index >= 15 is 0 Å². The van der Waals surface area contributed by atoms with Gasteiger partial charge in [0.25, 0.3) is 5.91 Å². The van der Waals surface area contributed by atoms with Crippen LogP contribution in [0.2, 0.25) is 0 Å². The average Bonchev–Trinajstić information content (AvgIpc) is 2.43. The summed E-state index contributed by atoms with van der Waals surface area (Å²) in [5, 5.41) is 7.82. The molecule has 0 aliphatic carbocycles. The van der Waals surface area contributed by atoms with Gasteiger partial charge in [-0.25, -0.2) is 9.37 Å². The number of rotatable bonds is 7. The Morgan fingerprint density at radius 1 is 1.38 bits per heavy atom. The van der Waals surface area contributed by atoms with Gasteiger partial charge in [-0.05, 0) is 26.3 Å². The summed E-state index contributed by atoms with van der Waals surface area (Å²) < 4.78 is 14.1. The number of nitrogens with one attached hydrogen (secondary N) is 3. The monoisotopic (exact) mass is 296 g/mol. The average molecular weight is 296 g/mol. The van der Waals surface area contributed by atoms with Gasteiger partial charge in [-0.3, -0.25) is 9.59 Å². The fourth-order valence-corrected chi connectivity index (χ4v) is 1.61. The Morgan fingerprint density at radius 2 is 2.10 bits per heavy atom. The van der Waals surface area contributed by atoms with Gasteiger partial charge in [0.15, 0.2) is 11.6 Å². The third kappa shape index (κ3) is 5.37. The van der Waals surface area contributed by atoms with Crippen molar-refractivity contribution in [1.82, 2.24) is 15.6 Å². The first-order valence-corrected chi connectivity index (χ1v) is 6.91. The standard InChI is InChI=1S/C14H21FN4O2/c1-4-6-16-13-12(15)10(5-7-17-13)14(21)18-8-11(20)19-9(2)3/h5,7,9H,4,6,8H2,1-3H3,(H,16,17)(H,18,21)(H,19,20). The first-order valence-electron chi connectivity index (χ1n) is 6.91. The van der Waals surface area contributed by atoms with E-state index in [1.807, 2.05) is 20.8 Å². The van der Waals surface area contributed by atoms with E-state index < -0.39 is 11.7 Å². The Hall–Kier alpha value is -2.18. The van der Waals surface area contributed by atoms with Crippen LogP contribution >= 0.6 is 0 Å². The van der Waals surface area contributed by atoms with Gasteiger partial charge in [-0.1, -0.05) is 6.92 Å². The molecule has 0 bridgehead atoms. The highest BCUT2D eigenvalue weighted by atomic mass is 19.1. The molecule has 7 heteroatoms. The number of aromatic nitrogens is 1. The SMILES string of the molecule is CCCNc1nccc(C(=O)NCC(=O)NC(C)C)c1F. The molecular weight excluding hydrogens is 275 g/mol. The van der Waals surface area contributed by atoms with Crippen molar-refractivity contribution in [3.05, 3.63) is 23.6 Å². The molecule has 21 heavy (non-hydrogen) atoms. The molecule has 0 saturated carbocycles. The second kappa shape index (κ2) is 8.18. The van der Waals surface area contributed by atoms with E-state index in [0.29, 0.717) is 6.54 Å². The van der Waals surface area contributed by atoms with Crippen LogP contribution in [0, 0.1) is 5.82 Å². The number of pyridine rings is 1. The van der Waals surface area contributed by atoms with Crippen molar-refractivity contribution >= 4 is 17.6 Å². The zero-order valence-corrected chi connectivity index (χ0v) is 12.5. The van der Waals surface area contributed by atoms with Gasteiger partial charge >= 0.3 is 0 Å². The summed E-state index contributed by atoms with van der Waals surface area (Å²) in [6, 6.07) is 1.26. The van der Waals surface area contributed by atoms with Crippen molar-refractivity contribution in [2.45, 2.75) is 33.2 Å². The molecule has 1 rings (SSSR count). The van der Waals surface area contributed by atoms with E-state index in [1.165, 1.54) is 12.3 Å².